The summed E-state index contributed by atoms with van der Waals surface area (Å²) < 4.78 is 0. The molecule has 1 unspecified atom stereocenters. The van der Waals surface area contributed by atoms with Crippen LogP contribution in [0.25, 0.3) is 11.0 Å². The Labute approximate surface area is 118 Å². The van der Waals surface area contributed by atoms with Crippen molar-refractivity contribution in [3.63, 3.8) is 0 Å². The fourth-order valence-corrected chi connectivity index (χ4v) is 2.93. The Kier molecular flexibility index (Phi) is 3.16. The van der Waals surface area contributed by atoms with E-state index >= 15 is 0 Å². The van der Waals surface area contributed by atoms with Gasteiger partial charge in [0, 0.05) is 24.0 Å². The van der Waals surface area contributed by atoms with Gasteiger partial charge in [-0.2, -0.15) is 0 Å². The van der Waals surface area contributed by atoms with Crippen LogP contribution in [0.15, 0.2) is 30.6 Å². The highest BCUT2D eigenvalue weighted by atomic mass is 16.1. The maximum atomic E-state index is 12.3. The second-order valence-electron chi connectivity index (χ2n) is 6.34. The van der Waals surface area contributed by atoms with E-state index in [4.69, 9.17) is 0 Å². The normalized spacial score (nSPS) is 21.0. The Morgan fingerprint density at radius 1 is 1.25 bits per heavy atom. The van der Waals surface area contributed by atoms with Crippen LogP contribution in [0.5, 0.6) is 0 Å². The summed E-state index contributed by atoms with van der Waals surface area (Å²) in [5.74, 6) is -0.0137. The molecule has 1 heterocycles. The average Bonchev–Trinajstić information content (AvgIpc) is 2.77. The number of carbonyl (C=O) groups is 1. The van der Waals surface area contributed by atoms with Crippen molar-refractivity contribution < 1.29 is 4.79 Å². The lowest BCUT2D eigenvalue weighted by Gasteiger charge is -2.17. The van der Waals surface area contributed by atoms with Gasteiger partial charge in [-0.05, 0) is 42.9 Å². The van der Waals surface area contributed by atoms with Gasteiger partial charge in [0.25, 0.3) is 5.91 Å². The van der Waals surface area contributed by atoms with E-state index in [2.05, 4.69) is 29.1 Å². The van der Waals surface area contributed by atoms with E-state index in [1.165, 1.54) is 6.42 Å². The molecule has 1 N–H and O–H groups in total. The van der Waals surface area contributed by atoms with E-state index in [-0.39, 0.29) is 11.9 Å². The summed E-state index contributed by atoms with van der Waals surface area (Å²) in [4.78, 5) is 20.7. The van der Waals surface area contributed by atoms with Crippen LogP contribution in [-0.2, 0) is 0 Å². The van der Waals surface area contributed by atoms with Crippen LogP contribution in [0, 0.1) is 5.41 Å². The zero-order valence-electron chi connectivity index (χ0n) is 11.9. The molecule has 20 heavy (non-hydrogen) atoms. The fraction of sp³-hybridized carbons (Fsp3) is 0.438. The minimum absolute atomic E-state index is 0.0137. The molecule has 0 saturated heterocycles. The Balaban J connectivity index is 1.76. The van der Waals surface area contributed by atoms with Crippen LogP contribution in [-0.4, -0.2) is 21.9 Å². The van der Waals surface area contributed by atoms with Gasteiger partial charge in [-0.1, -0.05) is 13.8 Å². The third-order valence-corrected chi connectivity index (χ3v) is 4.04. The maximum absolute atomic E-state index is 12.3. The number of aromatic nitrogens is 2. The van der Waals surface area contributed by atoms with Gasteiger partial charge in [-0.3, -0.25) is 14.8 Å². The summed E-state index contributed by atoms with van der Waals surface area (Å²) >= 11 is 0. The maximum Gasteiger partial charge on any atom is 0.251 e. The minimum Gasteiger partial charge on any atom is -0.349 e. The first-order chi connectivity index (χ1) is 9.53. The second-order valence-corrected chi connectivity index (χ2v) is 6.34. The Bertz CT molecular complexity index is 651. The Hall–Kier alpha value is -1.97. The molecule has 1 aliphatic carbocycles. The van der Waals surface area contributed by atoms with E-state index in [1.54, 1.807) is 18.5 Å². The molecule has 4 nitrogen and oxygen atoms in total. The molecule has 0 bridgehead atoms. The standard InChI is InChI=1S/C16H19N3O/c1-16(2)6-5-12(10-16)19-15(20)11-3-4-13-14(9-11)18-8-7-17-13/h3-4,7-9,12H,5-6,10H2,1-2H3,(H,19,20). The van der Waals surface area contributed by atoms with Crippen LogP contribution in [0.1, 0.15) is 43.5 Å². The van der Waals surface area contributed by atoms with Crippen molar-refractivity contribution >= 4 is 16.9 Å². The van der Waals surface area contributed by atoms with Crippen molar-refractivity contribution in [2.24, 2.45) is 5.41 Å². The monoisotopic (exact) mass is 269 g/mol. The predicted octanol–water partition coefficient (Wildman–Crippen LogP) is 2.94. The SMILES string of the molecule is CC1(C)CCC(NC(=O)c2ccc3nccnc3c2)C1. The van der Waals surface area contributed by atoms with E-state index in [1.807, 2.05) is 12.1 Å². The molecule has 1 aromatic heterocycles. The highest BCUT2D eigenvalue weighted by molar-refractivity contribution is 5.97. The number of hydrogen-bond donors (Lipinski definition) is 1. The third-order valence-electron chi connectivity index (χ3n) is 4.04. The number of nitrogens with zero attached hydrogens (tertiary/aromatic N) is 2. The van der Waals surface area contributed by atoms with Crippen LogP contribution in [0.2, 0.25) is 0 Å². The largest absolute Gasteiger partial charge is 0.349 e. The quantitative estimate of drug-likeness (QED) is 0.912. The Morgan fingerprint density at radius 3 is 2.70 bits per heavy atom. The molecule has 1 aliphatic rings. The number of benzene rings is 1. The Morgan fingerprint density at radius 2 is 2.00 bits per heavy atom. The summed E-state index contributed by atoms with van der Waals surface area (Å²) in [6.07, 6.45) is 6.57. The molecule has 104 valence electrons. The summed E-state index contributed by atoms with van der Waals surface area (Å²) in [5.41, 5.74) is 2.56. The van der Waals surface area contributed by atoms with E-state index in [9.17, 15) is 4.79 Å². The van der Waals surface area contributed by atoms with Crippen molar-refractivity contribution in [1.82, 2.24) is 15.3 Å². The van der Waals surface area contributed by atoms with Crippen LogP contribution in [0.4, 0.5) is 0 Å². The van der Waals surface area contributed by atoms with Gasteiger partial charge in [-0.25, -0.2) is 0 Å². The first-order valence-corrected chi connectivity index (χ1v) is 7.05. The molecule has 1 amide bonds. The number of nitrogens with one attached hydrogen (secondary N) is 1. The highest BCUT2D eigenvalue weighted by Crippen LogP contribution is 2.36. The average molecular weight is 269 g/mol. The number of hydrogen-bond acceptors (Lipinski definition) is 3. The molecular formula is C16H19N3O. The first-order valence-electron chi connectivity index (χ1n) is 7.05. The molecule has 2 aromatic rings. The zero-order valence-corrected chi connectivity index (χ0v) is 11.9. The van der Waals surface area contributed by atoms with E-state index in [0.29, 0.717) is 11.0 Å². The summed E-state index contributed by atoms with van der Waals surface area (Å²) in [6, 6.07) is 5.75. The van der Waals surface area contributed by atoms with Crippen molar-refractivity contribution in [3.05, 3.63) is 36.2 Å². The van der Waals surface area contributed by atoms with Gasteiger partial charge in [0.2, 0.25) is 0 Å². The van der Waals surface area contributed by atoms with Crippen molar-refractivity contribution in [2.75, 3.05) is 0 Å². The molecule has 0 aliphatic heterocycles. The predicted molar refractivity (Wildman–Crippen MR) is 78.4 cm³/mol. The molecule has 1 fully saturated rings. The molecule has 1 atom stereocenters. The molecule has 1 aromatic carbocycles. The number of fused-ring (bicyclic) bond motifs is 1. The molecule has 1 saturated carbocycles. The molecule has 4 heteroatoms. The van der Waals surface area contributed by atoms with Crippen LogP contribution < -0.4 is 5.32 Å². The lowest BCUT2D eigenvalue weighted by molar-refractivity contribution is 0.0936. The van der Waals surface area contributed by atoms with E-state index < -0.39 is 0 Å². The number of carbonyl (C=O) groups excluding carboxylic acids is 1. The minimum atomic E-state index is -0.0137. The molecular weight excluding hydrogens is 250 g/mol. The van der Waals surface area contributed by atoms with Crippen LogP contribution >= 0.6 is 0 Å². The van der Waals surface area contributed by atoms with Crippen molar-refractivity contribution in [1.29, 1.82) is 0 Å². The molecule has 3 rings (SSSR count). The van der Waals surface area contributed by atoms with Gasteiger partial charge in [0.1, 0.15) is 0 Å². The topological polar surface area (TPSA) is 54.9 Å². The van der Waals surface area contributed by atoms with Gasteiger partial charge in [0.05, 0.1) is 11.0 Å². The van der Waals surface area contributed by atoms with Crippen LogP contribution in [0.3, 0.4) is 0 Å². The van der Waals surface area contributed by atoms with Crippen molar-refractivity contribution in [3.8, 4) is 0 Å². The number of amides is 1. The summed E-state index contributed by atoms with van der Waals surface area (Å²) in [5, 5.41) is 3.13. The fourth-order valence-electron chi connectivity index (χ4n) is 2.93. The summed E-state index contributed by atoms with van der Waals surface area (Å²) in [6.45, 7) is 4.51. The lowest BCUT2D eigenvalue weighted by atomic mass is 9.92. The van der Waals surface area contributed by atoms with Gasteiger partial charge >= 0.3 is 0 Å². The molecule has 0 spiro atoms. The van der Waals surface area contributed by atoms with Gasteiger partial charge in [-0.15, -0.1) is 0 Å². The number of rotatable bonds is 2. The van der Waals surface area contributed by atoms with E-state index in [0.717, 1.165) is 23.9 Å². The van der Waals surface area contributed by atoms with Gasteiger partial charge in [0.15, 0.2) is 0 Å². The smallest absolute Gasteiger partial charge is 0.251 e. The third kappa shape index (κ3) is 2.64. The first kappa shape index (κ1) is 13.0. The highest BCUT2D eigenvalue weighted by Gasteiger charge is 2.31. The molecule has 0 radical (unpaired) electrons. The summed E-state index contributed by atoms with van der Waals surface area (Å²) in [7, 11) is 0. The van der Waals surface area contributed by atoms with Gasteiger partial charge < -0.3 is 5.32 Å². The second kappa shape index (κ2) is 4.85. The van der Waals surface area contributed by atoms with Crippen molar-refractivity contribution in [2.45, 2.75) is 39.2 Å². The lowest BCUT2D eigenvalue weighted by Crippen LogP contribution is -2.33. The zero-order chi connectivity index (χ0) is 14.2.